The van der Waals surface area contributed by atoms with Gasteiger partial charge in [0.25, 0.3) is 11.5 Å². The van der Waals surface area contributed by atoms with Gasteiger partial charge in [-0.1, -0.05) is 0 Å². The number of halogens is 2. The molecule has 0 aromatic carbocycles. The lowest BCUT2D eigenvalue weighted by atomic mass is 10.3. The van der Waals surface area contributed by atoms with E-state index < -0.39 is 29.5 Å². The van der Waals surface area contributed by atoms with E-state index in [4.69, 9.17) is 0 Å². The topological polar surface area (TPSA) is 118 Å². The highest BCUT2D eigenvalue weighted by Crippen LogP contribution is 2.26. The van der Waals surface area contributed by atoms with Crippen LogP contribution in [0, 0.1) is 5.82 Å². The second-order valence-electron chi connectivity index (χ2n) is 7.46. The third-order valence-electron chi connectivity index (χ3n) is 5.17. The number of aromatic nitrogens is 5. The van der Waals surface area contributed by atoms with Crippen LogP contribution >= 0.6 is 0 Å². The van der Waals surface area contributed by atoms with Gasteiger partial charge in [0, 0.05) is 25.7 Å². The Morgan fingerprint density at radius 1 is 1.24 bits per heavy atom. The average molecular weight is 452 g/mol. The molecule has 0 bridgehead atoms. The molecule has 1 fully saturated rings. The fraction of sp³-hybridized carbons (Fsp3) is 0.190. The fourth-order valence-electron chi connectivity index (χ4n) is 3.34. The Morgan fingerprint density at radius 2 is 2.06 bits per heavy atom. The van der Waals surface area contributed by atoms with Crippen LogP contribution in [0.4, 0.5) is 26.1 Å². The van der Waals surface area contributed by atoms with Gasteiger partial charge in [-0.05, 0) is 24.3 Å². The molecule has 0 aliphatic heterocycles. The number of rotatable bonds is 6. The first-order chi connectivity index (χ1) is 15.9. The van der Waals surface area contributed by atoms with E-state index in [9.17, 15) is 18.4 Å². The van der Waals surface area contributed by atoms with Crippen LogP contribution in [-0.4, -0.2) is 49.3 Å². The molecule has 4 heterocycles. The van der Waals surface area contributed by atoms with Gasteiger partial charge < -0.3 is 16.0 Å². The van der Waals surface area contributed by atoms with E-state index in [-0.39, 0.29) is 35.0 Å². The number of pyridine rings is 2. The van der Waals surface area contributed by atoms with Gasteiger partial charge in [0.2, 0.25) is 0 Å². The quantitative estimate of drug-likeness (QED) is 0.410. The third kappa shape index (κ3) is 3.86. The van der Waals surface area contributed by atoms with Crippen molar-refractivity contribution < 1.29 is 13.6 Å². The Morgan fingerprint density at radius 3 is 2.76 bits per heavy atom. The van der Waals surface area contributed by atoms with Gasteiger partial charge in [-0.3, -0.25) is 14.2 Å². The van der Waals surface area contributed by atoms with E-state index in [1.165, 1.54) is 33.6 Å². The molecule has 0 unspecified atom stereocenters. The molecule has 0 saturated heterocycles. The van der Waals surface area contributed by atoms with Crippen molar-refractivity contribution >= 4 is 28.9 Å². The highest BCUT2D eigenvalue weighted by Gasteiger charge is 2.39. The molecule has 0 spiro atoms. The van der Waals surface area contributed by atoms with E-state index in [0.29, 0.717) is 5.82 Å². The predicted octanol–water partition coefficient (Wildman–Crippen LogP) is 2.04. The minimum absolute atomic E-state index is 0.176. The summed E-state index contributed by atoms with van der Waals surface area (Å²) in [5, 5.41) is 12.7. The average Bonchev–Trinajstić information content (AvgIpc) is 3.32. The maximum atomic E-state index is 13.2. The van der Waals surface area contributed by atoms with Crippen molar-refractivity contribution in [3.05, 3.63) is 70.7 Å². The zero-order valence-corrected chi connectivity index (χ0v) is 17.3. The molecule has 1 amide bonds. The first-order valence-electron chi connectivity index (χ1n) is 10.1. The number of carbonyl (C=O) groups is 1. The lowest BCUT2D eigenvalue weighted by molar-refractivity contribution is 0.0949. The number of fused-ring (bicyclic) bond motifs is 1. The lowest BCUT2D eigenvalue weighted by Gasteiger charge is -2.11. The number of nitrogens with zero attached hydrogens (tertiary/aromatic N) is 5. The molecule has 1 aliphatic rings. The largest absolute Gasteiger partial charge is 0.373 e. The maximum Gasteiger partial charge on any atom is 0.279 e. The molecule has 12 heteroatoms. The summed E-state index contributed by atoms with van der Waals surface area (Å²) in [6, 6.07) is 6.91. The molecule has 5 rings (SSSR count). The molecule has 4 aromatic heterocycles. The summed E-state index contributed by atoms with van der Waals surface area (Å²) in [6.45, 7) is 0. The summed E-state index contributed by atoms with van der Waals surface area (Å²) in [5.41, 5.74) is 0.161. The zero-order valence-electron chi connectivity index (χ0n) is 17.3. The summed E-state index contributed by atoms with van der Waals surface area (Å²) in [5.74, 6) is 0.0464. The molecule has 0 radical (unpaired) electrons. The van der Waals surface area contributed by atoms with E-state index in [1.54, 1.807) is 25.2 Å². The number of hydrogen-bond donors (Lipinski definition) is 3. The first-order valence-corrected chi connectivity index (χ1v) is 10.1. The van der Waals surface area contributed by atoms with Gasteiger partial charge in [-0.15, -0.1) is 0 Å². The Balaban J connectivity index is 1.51. The fourth-order valence-corrected chi connectivity index (χ4v) is 3.34. The van der Waals surface area contributed by atoms with Crippen LogP contribution in [0.3, 0.4) is 0 Å². The third-order valence-corrected chi connectivity index (χ3v) is 5.17. The number of hydrogen-bond acceptors (Lipinski definition) is 7. The second-order valence-corrected chi connectivity index (χ2v) is 7.46. The van der Waals surface area contributed by atoms with Gasteiger partial charge in [0.1, 0.15) is 40.7 Å². The van der Waals surface area contributed by atoms with Crippen molar-refractivity contribution in [2.75, 3.05) is 17.7 Å². The summed E-state index contributed by atoms with van der Waals surface area (Å²) >= 11 is 0. The van der Waals surface area contributed by atoms with Crippen LogP contribution in [0.25, 0.3) is 11.5 Å². The standard InChI is InChI=1S/C21H18F2N8O2/c1-24-18-8-16(29-19-12(10-26-31(18)19)20(32)28-15-7-13(15)23)27-14-3-2-6-30(21(14)33)17-5-4-11(22)9-25-17/h2-6,8-10,13,15,24H,7H2,1H3,(H,27,29)(H,28,32)/t13-,15+/m1/s1. The Labute approximate surface area is 185 Å². The molecule has 33 heavy (non-hydrogen) atoms. The maximum absolute atomic E-state index is 13.2. The van der Waals surface area contributed by atoms with Crippen molar-refractivity contribution in [3.63, 3.8) is 0 Å². The molecule has 2 atom stereocenters. The normalized spacial score (nSPS) is 17.1. The van der Waals surface area contributed by atoms with Crippen molar-refractivity contribution in [1.29, 1.82) is 0 Å². The van der Waals surface area contributed by atoms with Crippen molar-refractivity contribution in [1.82, 2.24) is 29.5 Å². The first kappa shape index (κ1) is 20.5. The molecular formula is C21H18F2N8O2. The van der Waals surface area contributed by atoms with Gasteiger partial charge >= 0.3 is 0 Å². The number of nitrogens with one attached hydrogen (secondary N) is 3. The number of alkyl halides is 1. The summed E-state index contributed by atoms with van der Waals surface area (Å²) in [7, 11) is 1.67. The Hall–Kier alpha value is -4.35. The predicted molar refractivity (Wildman–Crippen MR) is 116 cm³/mol. The molecule has 10 nitrogen and oxygen atoms in total. The summed E-state index contributed by atoms with van der Waals surface area (Å²) < 4.78 is 29.1. The smallest absolute Gasteiger partial charge is 0.279 e. The van der Waals surface area contributed by atoms with Crippen LogP contribution in [0.1, 0.15) is 16.8 Å². The van der Waals surface area contributed by atoms with Crippen LogP contribution in [-0.2, 0) is 0 Å². The number of anilines is 3. The SMILES string of the molecule is CNc1cc(Nc2cccn(-c3ccc(F)cn3)c2=O)nc2c(C(=O)N[C@H]3C[C@H]3F)cnn12. The van der Waals surface area contributed by atoms with Gasteiger partial charge in [-0.25, -0.2) is 18.7 Å². The van der Waals surface area contributed by atoms with E-state index in [0.717, 1.165) is 6.20 Å². The molecule has 3 N–H and O–H groups in total. The molecule has 168 valence electrons. The molecule has 1 aliphatic carbocycles. The minimum atomic E-state index is -1.04. The van der Waals surface area contributed by atoms with Crippen molar-refractivity contribution in [3.8, 4) is 5.82 Å². The van der Waals surface area contributed by atoms with E-state index in [2.05, 4.69) is 31.0 Å². The molecular weight excluding hydrogens is 434 g/mol. The van der Waals surface area contributed by atoms with Crippen LogP contribution in [0.5, 0.6) is 0 Å². The van der Waals surface area contributed by atoms with Crippen LogP contribution in [0.15, 0.2) is 53.7 Å². The van der Waals surface area contributed by atoms with Crippen LogP contribution < -0.4 is 21.5 Å². The van der Waals surface area contributed by atoms with E-state index >= 15 is 0 Å². The molecule has 4 aromatic rings. The summed E-state index contributed by atoms with van der Waals surface area (Å²) in [6.07, 6.45) is 3.14. The van der Waals surface area contributed by atoms with Gasteiger partial charge in [-0.2, -0.15) is 9.61 Å². The number of amides is 1. The van der Waals surface area contributed by atoms with Gasteiger partial charge in [0.15, 0.2) is 5.65 Å². The van der Waals surface area contributed by atoms with Gasteiger partial charge in [0.05, 0.1) is 18.4 Å². The number of carbonyl (C=O) groups excluding carboxylic acids is 1. The van der Waals surface area contributed by atoms with Crippen LogP contribution in [0.2, 0.25) is 0 Å². The monoisotopic (exact) mass is 452 g/mol. The Kier molecular flexibility index (Phi) is 4.96. The Bertz CT molecular complexity index is 1420. The highest BCUT2D eigenvalue weighted by molar-refractivity contribution is 6.00. The second kappa shape index (κ2) is 7.97. The zero-order chi connectivity index (χ0) is 23.1. The minimum Gasteiger partial charge on any atom is -0.373 e. The molecule has 1 saturated carbocycles. The van der Waals surface area contributed by atoms with Crippen molar-refractivity contribution in [2.45, 2.75) is 18.6 Å². The highest BCUT2D eigenvalue weighted by atomic mass is 19.1. The summed E-state index contributed by atoms with van der Waals surface area (Å²) in [4.78, 5) is 33.9. The van der Waals surface area contributed by atoms with Crippen molar-refractivity contribution in [2.24, 2.45) is 0 Å². The van der Waals surface area contributed by atoms with E-state index in [1.807, 2.05) is 0 Å². The lowest BCUT2D eigenvalue weighted by Crippen LogP contribution is -2.27.